The number of hydrogen-bond acceptors (Lipinski definition) is 5. The molecule has 5 heteroatoms. The van der Waals surface area contributed by atoms with Crippen LogP contribution in [0.2, 0.25) is 0 Å². The SMILES string of the molecule is c1csc(C2=NC(c3cccs3)(c3cccs3)Nc3ccccc32)c1. The maximum Gasteiger partial charge on any atom is 0.200 e. The number of benzene rings is 1. The fraction of sp³-hybridized carbons (Fsp3) is 0.0500. The minimum absolute atomic E-state index is 0.560. The first-order valence-corrected chi connectivity index (χ1v) is 10.6. The number of aliphatic imine (C=N–C) groups is 1. The fourth-order valence-corrected chi connectivity index (χ4v) is 5.64. The van der Waals surface area contributed by atoms with Crippen molar-refractivity contribution in [1.29, 1.82) is 0 Å². The monoisotopic (exact) mass is 378 g/mol. The van der Waals surface area contributed by atoms with Crippen molar-refractivity contribution < 1.29 is 0 Å². The van der Waals surface area contributed by atoms with Crippen molar-refractivity contribution in [3.8, 4) is 0 Å². The zero-order valence-corrected chi connectivity index (χ0v) is 15.6. The summed E-state index contributed by atoms with van der Waals surface area (Å²) in [7, 11) is 0. The van der Waals surface area contributed by atoms with E-state index in [0.717, 1.165) is 17.0 Å². The third kappa shape index (κ3) is 2.39. The number of rotatable bonds is 3. The van der Waals surface area contributed by atoms with Crippen LogP contribution in [-0.2, 0) is 5.66 Å². The second kappa shape index (κ2) is 5.95. The van der Waals surface area contributed by atoms with Crippen LogP contribution in [0, 0.1) is 0 Å². The van der Waals surface area contributed by atoms with E-state index in [1.807, 2.05) is 0 Å². The molecule has 1 aliphatic rings. The molecule has 1 aromatic carbocycles. The van der Waals surface area contributed by atoms with E-state index in [9.17, 15) is 0 Å². The van der Waals surface area contributed by atoms with E-state index in [1.165, 1.54) is 14.6 Å². The summed E-state index contributed by atoms with van der Waals surface area (Å²) < 4.78 is 0. The molecule has 0 radical (unpaired) electrons. The lowest BCUT2D eigenvalue weighted by Gasteiger charge is -2.36. The van der Waals surface area contributed by atoms with Gasteiger partial charge in [-0.05, 0) is 40.4 Å². The van der Waals surface area contributed by atoms with Gasteiger partial charge in [0.15, 0.2) is 0 Å². The van der Waals surface area contributed by atoms with Gasteiger partial charge in [0.05, 0.1) is 20.3 Å². The summed E-state index contributed by atoms with van der Waals surface area (Å²) in [5.41, 5.74) is 2.79. The number of fused-ring (bicyclic) bond motifs is 1. The second-order valence-electron chi connectivity index (χ2n) is 5.77. The van der Waals surface area contributed by atoms with Gasteiger partial charge in [-0.15, -0.1) is 34.0 Å². The number of hydrogen-bond donors (Lipinski definition) is 1. The van der Waals surface area contributed by atoms with Gasteiger partial charge in [-0.3, -0.25) is 0 Å². The lowest BCUT2D eigenvalue weighted by atomic mass is 9.97. The van der Waals surface area contributed by atoms with Crippen molar-refractivity contribution in [3.63, 3.8) is 0 Å². The average molecular weight is 379 g/mol. The van der Waals surface area contributed by atoms with Crippen LogP contribution in [-0.4, -0.2) is 5.71 Å². The molecule has 0 aliphatic carbocycles. The van der Waals surface area contributed by atoms with Crippen molar-refractivity contribution in [2.45, 2.75) is 5.66 Å². The molecule has 1 N–H and O–H groups in total. The molecule has 0 amide bonds. The molecule has 4 aromatic rings. The predicted octanol–water partition coefficient (Wildman–Crippen LogP) is 6.04. The van der Waals surface area contributed by atoms with Crippen LogP contribution in [0.1, 0.15) is 20.2 Å². The molecule has 2 nitrogen and oxygen atoms in total. The Hall–Kier alpha value is -2.21. The molecular weight excluding hydrogens is 364 g/mol. The van der Waals surface area contributed by atoms with Gasteiger partial charge in [0, 0.05) is 11.3 Å². The van der Waals surface area contributed by atoms with Gasteiger partial charge in [0.2, 0.25) is 5.66 Å². The van der Waals surface area contributed by atoms with Crippen molar-refractivity contribution in [2.75, 3.05) is 5.32 Å². The highest BCUT2D eigenvalue weighted by molar-refractivity contribution is 7.12. The fourth-order valence-electron chi connectivity index (χ4n) is 3.17. The van der Waals surface area contributed by atoms with Crippen molar-refractivity contribution in [2.24, 2.45) is 4.99 Å². The highest BCUT2D eigenvalue weighted by Gasteiger charge is 2.40. The Labute approximate surface area is 158 Å². The molecule has 122 valence electrons. The van der Waals surface area contributed by atoms with Gasteiger partial charge >= 0.3 is 0 Å². The van der Waals surface area contributed by atoms with Gasteiger partial charge in [-0.25, -0.2) is 4.99 Å². The van der Waals surface area contributed by atoms with E-state index in [4.69, 9.17) is 4.99 Å². The molecule has 25 heavy (non-hydrogen) atoms. The van der Waals surface area contributed by atoms with Gasteiger partial charge in [0.25, 0.3) is 0 Å². The average Bonchev–Trinajstić information content (AvgIpc) is 3.44. The van der Waals surface area contributed by atoms with Gasteiger partial charge < -0.3 is 5.32 Å². The summed E-state index contributed by atoms with van der Waals surface area (Å²) in [6.45, 7) is 0. The minimum atomic E-state index is -0.560. The molecule has 1 aliphatic heterocycles. The first-order valence-electron chi connectivity index (χ1n) is 7.96. The van der Waals surface area contributed by atoms with E-state index in [2.05, 4.69) is 82.1 Å². The Morgan fingerprint density at radius 2 is 1.40 bits per heavy atom. The van der Waals surface area contributed by atoms with Crippen LogP contribution in [0.25, 0.3) is 0 Å². The molecule has 0 fully saturated rings. The zero-order valence-electron chi connectivity index (χ0n) is 13.2. The molecule has 0 unspecified atom stereocenters. The topological polar surface area (TPSA) is 24.4 Å². The van der Waals surface area contributed by atoms with Crippen LogP contribution >= 0.6 is 34.0 Å². The summed E-state index contributed by atoms with van der Waals surface area (Å²) in [4.78, 5) is 8.93. The molecule has 0 saturated heterocycles. The van der Waals surface area contributed by atoms with E-state index in [1.54, 1.807) is 34.0 Å². The maximum atomic E-state index is 5.32. The maximum absolute atomic E-state index is 5.32. The molecule has 0 bridgehead atoms. The Bertz CT molecular complexity index is 979. The predicted molar refractivity (Wildman–Crippen MR) is 109 cm³/mol. The molecule has 0 saturated carbocycles. The third-order valence-corrected chi connectivity index (χ3v) is 7.12. The third-order valence-electron chi connectivity index (χ3n) is 4.29. The number of anilines is 1. The first kappa shape index (κ1) is 15.1. The van der Waals surface area contributed by atoms with E-state index in [0.29, 0.717) is 0 Å². The molecule has 4 heterocycles. The van der Waals surface area contributed by atoms with Crippen LogP contribution in [0.15, 0.2) is 81.8 Å². The van der Waals surface area contributed by atoms with E-state index >= 15 is 0 Å². The second-order valence-corrected chi connectivity index (χ2v) is 8.62. The number of para-hydroxylation sites is 1. The Morgan fingerprint density at radius 1 is 0.720 bits per heavy atom. The van der Waals surface area contributed by atoms with Gasteiger partial charge in [-0.2, -0.15) is 0 Å². The number of thiophene rings is 3. The normalized spacial score (nSPS) is 15.3. The Kier molecular flexibility index (Phi) is 3.59. The molecular formula is C20H14N2S3. The molecule has 5 rings (SSSR count). The van der Waals surface area contributed by atoms with Gasteiger partial charge in [0.1, 0.15) is 0 Å². The van der Waals surface area contributed by atoms with Crippen LogP contribution in [0.5, 0.6) is 0 Å². The standard InChI is InChI=1S/C20H14N2S3/c1-2-7-15-14(6-1)19(16-8-3-11-23-16)22-20(21-15,17-9-4-12-24-17)18-10-5-13-25-18/h1-13,21H. The van der Waals surface area contributed by atoms with Crippen LogP contribution in [0.4, 0.5) is 5.69 Å². The van der Waals surface area contributed by atoms with Crippen LogP contribution < -0.4 is 5.32 Å². The van der Waals surface area contributed by atoms with Crippen molar-refractivity contribution >= 4 is 45.4 Å². The highest BCUT2D eigenvalue weighted by atomic mass is 32.1. The summed E-state index contributed by atoms with van der Waals surface area (Å²) in [6, 6.07) is 21.2. The number of nitrogens with one attached hydrogen (secondary N) is 1. The Balaban J connectivity index is 1.82. The summed E-state index contributed by atoms with van der Waals surface area (Å²) >= 11 is 5.22. The summed E-state index contributed by atoms with van der Waals surface area (Å²) in [5.74, 6) is 0. The largest absolute Gasteiger partial charge is 0.352 e. The smallest absolute Gasteiger partial charge is 0.200 e. The van der Waals surface area contributed by atoms with Gasteiger partial charge in [-0.1, -0.05) is 36.4 Å². The lowest BCUT2D eigenvalue weighted by molar-refractivity contribution is 0.648. The molecule has 0 atom stereocenters. The lowest BCUT2D eigenvalue weighted by Crippen LogP contribution is -2.38. The van der Waals surface area contributed by atoms with Crippen molar-refractivity contribution in [1.82, 2.24) is 0 Å². The van der Waals surface area contributed by atoms with E-state index < -0.39 is 5.66 Å². The summed E-state index contributed by atoms with van der Waals surface area (Å²) in [6.07, 6.45) is 0. The highest BCUT2D eigenvalue weighted by Crippen LogP contribution is 2.44. The molecule has 0 spiro atoms. The zero-order chi connectivity index (χ0) is 16.7. The van der Waals surface area contributed by atoms with Crippen LogP contribution in [0.3, 0.4) is 0 Å². The minimum Gasteiger partial charge on any atom is -0.352 e. The van der Waals surface area contributed by atoms with E-state index in [-0.39, 0.29) is 0 Å². The van der Waals surface area contributed by atoms with Crippen molar-refractivity contribution in [3.05, 3.63) is 97.0 Å². The summed E-state index contributed by atoms with van der Waals surface area (Å²) in [5, 5.41) is 10.1. The quantitative estimate of drug-likeness (QED) is 0.462. The first-order chi connectivity index (χ1) is 12.4. The Morgan fingerprint density at radius 3 is 2.04 bits per heavy atom. The molecule has 3 aromatic heterocycles. The number of nitrogens with zero attached hydrogens (tertiary/aromatic N) is 1.